The van der Waals surface area contributed by atoms with Crippen molar-refractivity contribution in [2.45, 2.75) is 39.3 Å². The Kier molecular flexibility index (Phi) is 6.33. The number of fused-ring (bicyclic) bond motifs is 1. The molecule has 0 saturated heterocycles. The largest absolute Gasteiger partial charge is 0.490 e. The van der Waals surface area contributed by atoms with Crippen molar-refractivity contribution in [1.29, 1.82) is 0 Å². The predicted molar refractivity (Wildman–Crippen MR) is 86.9 cm³/mol. The van der Waals surface area contributed by atoms with Crippen LogP contribution in [0.2, 0.25) is 0 Å². The molecule has 1 aromatic carbocycles. The van der Waals surface area contributed by atoms with Crippen LogP contribution in [0.1, 0.15) is 32.3 Å². The van der Waals surface area contributed by atoms with Gasteiger partial charge in [0.25, 0.3) is 0 Å². The van der Waals surface area contributed by atoms with E-state index in [0.29, 0.717) is 25.2 Å². The first-order valence-corrected chi connectivity index (χ1v) is 8.33. The highest BCUT2D eigenvalue weighted by molar-refractivity contribution is 9.10. The van der Waals surface area contributed by atoms with Crippen molar-refractivity contribution in [3.8, 4) is 11.5 Å². The van der Waals surface area contributed by atoms with Gasteiger partial charge in [0.15, 0.2) is 11.5 Å². The number of hydrogen-bond acceptors (Lipinski definition) is 4. The molecule has 1 atom stereocenters. The van der Waals surface area contributed by atoms with E-state index in [1.54, 1.807) is 0 Å². The average molecular weight is 358 g/mol. The third-order valence-electron chi connectivity index (χ3n) is 3.68. The maximum Gasteiger partial charge on any atom is 0.175 e. The lowest BCUT2D eigenvalue weighted by Crippen LogP contribution is -2.34. The summed E-state index contributed by atoms with van der Waals surface area (Å²) in [5.41, 5.74) is 1.15. The van der Waals surface area contributed by atoms with Crippen LogP contribution in [-0.2, 0) is 6.54 Å². The zero-order chi connectivity index (χ0) is 15.2. The summed E-state index contributed by atoms with van der Waals surface area (Å²) < 4.78 is 12.4. The quantitative estimate of drug-likeness (QED) is 0.821. The number of rotatable bonds is 6. The van der Waals surface area contributed by atoms with Crippen LogP contribution in [-0.4, -0.2) is 31.0 Å². The molecule has 5 heteroatoms. The number of hydrogen-bond donors (Lipinski definition) is 2. The Morgan fingerprint density at radius 1 is 1.29 bits per heavy atom. The molecule has 0 radical (unpaired) electrons. The molecule has 0 amide bonds. The van der Waals surface area contributed by atoms with Gasteiger partial charge in [0.2, 0.25) is 0 Å². The van der Waals surface area contributed by atoms with Crippen molar-refractivity contribution in [2.24, 2.45) is 5.92 Å². The summed E-state index contributed by atoms with van der Waals surface area (Å²) in [6, 6.07) is 4.41. The molecule has 0 saturated carbocycles. The minimum atomic E-state index is 0.209. The maximum absolute atomic E-state index is 9.13. The van der Waals surface area contributed by atoms with E-state index in [2.05, 4.69) is 41.2 Å². The van der Waals surface area contributed by atoms with E-state index in [0.717, 1.165) is 40.9 Å². The van der Waals surface area contributed by atoms with E-state index in [4.69, 9.17) is 14.6 Å². The van der Waals surface area contributed by atoms with Crippen LogP contribution in [0.5, 0.6) is 11.5 Å². The second kappa shape index (κ2) is 8.01. The van der Waals surface area contributed by atoms with Crippen molar-refractivity contribution in [2.75, 3.05) is 19.8 Å². The van der Waals surface area contributed by atoms with Gasteiger partial charge in [0.1, 0.15) is 0 Å². The van der Waals surface area contributed by atoms with E-state index in [1.807, 2.05) is 6.07 Å². The molecule has 0 fully saturated rings. The van der Waals surface area contributed by atoms with Crippen LogP contribution < -0.4 is 14.8 Å². The summed E-state index contributed by atoms with van der Waals surface area (Å²) in [4.78, 5) is 0. The first-order chi connectivity index (χ1) is 10.1. The minimum Gasteiger partial charge on any atom is -0.490 e. The summed E-state index contributed by atoms with van der Waals surface area (Å²) in [6.45, 7) is 6.66. The molecule has 1 aromatic rings. The minimum absolute atomic E-state index is 0.209. The highest BCUT2D eigenvalue weighted by Gasteiger charge is 2.17. The van der Waals surface area contributed by atoms with Crippen LogP contribution in [0.25, 0.3) is 0 Å². The molecule has 2 N–H and O–H groups in total. The van der Waals surface area contributed by atoms with Crippen molar-refractivity contribution in [1.82, 2.24) is 5.32 Å². The van der Waals surface area contributed by atoms with Gasteiger partial charge < -0.3 is 19.9 Å². The number of halogens is 1. The zero-order valence-electron chi connectivity index (χ0n) is 12.7. The molecule has 1 aliphatic heterocycles. The van der Waals surface area contributed by atoms with Crippen molar-refractivity contribution < 1.29 is 14.6 Å². The maximum atomic E-state index is 9.13. The van der Waals surface area contributed by atoms with Crippen LogP contribution >= 0.6 is 15.9 Å². The molecule has 1 heterocycles. The Morgan fingerprint density at radius 2 is 2.05 bits per heavy atom. The Morgan fingerprint density at radius 3 is 2.76 bits per heavy atom. The lowest BCUT2D eigenvalue weighted by Gasteiger charge is -2.22. The van der Waals surface area contributed by atoms with Crippen molar-refractivity contribution in [3.63, 3.8) is 0 Å². The SMILES string of the molecule is CC(C)C(CCO)NCc1cc(Br)c2c(c1)OCCCO2. The van der Waals surface area contributed by atoms with E-state index >= 15 is 0 Å². The predicted octanol–water partition coefficient (Wildman–Crippen LogP) is 3.11. The lowest BCUT2D eigenvalue weighted by atomic mass is 10.0. The monoisotopic (exact) mass is 357 g/mol. The second-order valence-corrected chi connectivity index (χ2v) is 6.55. The molecule has 4 nitrogen and oxygen atoms in total. The van der Waals surface area contributed by atoms with E-state index in [1.165, 1.54) is 0 Å². The Labute approximate surface area is 135 Å². The van der Waals surface area contributed by atoms with Gasteiger partial charge in [-0.2, -0.15) is 0 Å². The number of aliphatic hydroxyl groups is 1. The Hall–Kier alpha value is -0.780. The number of benzene rings is 1. The fraction of sp³-hybridized carbons (Fsp3) is 0.625. The van der Waals surface area contributed by atoms with Crippen molar-refractivity contribution in [3.05, 3.63) is 22.2 Å². The highest BCUT2D eigenvalue weighted by Crippen LogP contribution is 2.38. The molecule has 2 rings (SSSR count). The number of aliphatic hydroxyl groups excluding tert-OH is 1. The topological polar surface area (TPSA) is 50.7 Å². The molecule has 0 bridgehead atoms. The summed E-state index contributed by atoms with van der Waals surface area (Å²) in [5, 5.41) is 12.6. The lowest BCUT2D eigenvalue weighted by molar-refractivity contribution is 0.243. The summed E-state index contributed by atoms with van der Waals surface area (Å²) in [6.07, 6.45) is 1.67. The third kappa shape index (κ3) is 4.59. The second-order valence-electron chi connectivity index (χ2n) is 5.70. The molecular formula is C16H24BrNO3. The third-order valence-corrected chi connectivity index (χ3v) is 4.26. The standard InChI is InChI=1S/C16H24BrNO3/c1-11(2)14(4-5-19)18-10-12-8-13(17)16-15(9-12)20-6-3-7-21-16/h8-9,11,14,18-19H,3-7,10H2,1-2H3. The van der Waals surface area contributed by atoms with Gasteiger partial charge in [-0.25, -0.2) is 0 Å². The molecule has 21 heavy (non-hydrogen) atoms. The van der Waals surface area contributed by atoms with Crippen LogP contribution in [0.4, 0.5) is 0 Å². The van der Waals surface area contributed by atoms with Gasteiger partial charge in [-0.3, -0.25) is 0 Å². The smallest absolute Gasteiger partial charge is 0.175 e. The number of nitrogens with one attached hydrogen (secondary N) is 1. The Bertz CT molecular complexity index is 465. The van der Waals surface area contributed by atoms with Crippen LogP contribution in [0, 0.1) is 5.92 Å². The molecule has 118 valence electrons. The fourth-order valence-corrected chi connectivity index (χ4v) is 3.05. The molecule has 1 unspecified atom stereocenters. The first-order valence-electron chi connectivity index (χ1n) is 7.54. The van der Waals surface area contributed by atoms with Crippen molar-refractivity contribution >= 4 is 15.9 Å². The first kappa shape index (κ1) is 16.6. The summed E-state index contributed by atoms with van der Waals surface area (Å²) in [5.74, 6) is 2.09. The van der Waals surface area contributed by atoms with Gasteiger partial charge in [-0.05, 0) is 46.0 Å². The van der Waals surface area contributed by atoms with Gasteiger partial charge in [0.05, 0.1) is 17.7 Å². The van der Waals surface area contributed by atoms with E-state index in [-0.39, 0.29) is 6.61 Å². The highest BCUT2D eigenvalue weighted by atomic mass is 79.9. The average Bonchev–Trinajstić information content (AvgIpc) is 2.68. The van der Waals surface area contributed by atoms with Gasteiger partial charge >= 0.3 is 0 Å². The van der Waals surface area contributed by atoms with Gasteiger partial charge in [-0.1, -0.05) is 13.8 Å². The van der Waals surface area contributed by atoms with Gasteiger partial charge in [-0.15, -0.1) is 0 Å². The summed E-state index contributed by atoms with van der Waals surface area (Å²) in [7, 11) is 0. The van der Waals surface area contributed by atoms with E-state index < -0.39 is 0 Å². The molecule has 0 aliphatic carbocycles. The van der Waals surface area contributed by atoms with Crippen LogP contribution in [0.3, 0.4) is 0 Å². The van der Waals surface area contributed by atoms with Crippen LogP contribution in [0.15, 0.2) is 16.6 Å². The Balaban J connectivity index is 2.07. The normalized spacial score (nSPS) is 15.9. The van der Waals surface area contributed by atoms with Gasteiger partial charge in [0, 0.05) is 25.6 Å². The number of ether oxygens (including phenoxy) is 2. The summed E-state index contributed by atoms with van der Waals surface area (Å²) >= 11 is 3.56. The molecule has 0 aromatic heterocycles. The zero-order valence-corrected chi connectivity index (χ0v) is 14.3. The van der Waals surface area contributed by atoms with E-state index in [9.17, 15) is 0 Å². The molecule has 0 spiro atoms. The molecular weight excluding hydrogens is 334 g/mol. The molecule has 1 aliphatic rings. The fourth-order valence-electron chi connectivity index (χ4n) is 2.45.